The van der Waals surface area contributed by atoms with Crippen LogP contribution in [-0.2, 0) is 10.2 Å². The van der Waals surface area contributed by atoms with E-state index < -0.39 is 0 Å². The van der Waals surface area contributed by atoms with Crippen LogP contribution < -0.4 is 0 Å². The number of hydrogen-bond acceptors (Lipinski definition) is 2. The summed E-state index contributed by atoms with van der Waals surface area (Å²) < 4.78 is 5.24. The van der Waals surface area contributed by atoms with Crippen LogP contribution in [0.2, 0.25) is 0 Å². The van der Waals surface area contributed by atoms with E-state index in [1.165, 1.54) is 5.56 Å². The molecule has 3 nitrogen and oxygen atoms in total. The van der Waals surface area contributed by atoms with E-state index in [0.717, 1.165) is 25.3 Å². The Morgan fingerprint density at radius 1 is 1.25 bits per heavy atom. The predicted octanol–water partition coefficient (Wildman–Crippen LogP) is 3.09. The van der Waals surface area contributed by atoms with Gasteiger partial charge in [0.15, 0.2) is 0 Å². The van der Waals surface area contributed by atoms with Crippen LogP contribution in [0.25, 0.3) is 0 Å². The number of carbonyl (C=O) groups is 1. The number of hydrogen-bond donors (Lipinski definition) is 0. The van der Waals surface area contributed by atoms with Crippen molar-refractivity contribution >= 4 is 5.91 Å². The van der Waals surface area contributed by atoms with Gasteiger partial charge in [0.1, 0.15) is 0 Å². The van der Waals surface area contributed by atoms with E-state index in [2.05, 4.69) is 39.8 Å². The molecule has 110 valence electrons. The van der Waals surface area contributed by atoms with Crippen LogP contribution in [0, 0.1) is 5.41 Å². The first-order valence-electron chi connectivity index (χ1n) is 7.15. The number of amides is 1. The summed E-state index contributed by atoms with van der Waals surface area (Å²) in [5.74, 6) is 0.0820. The molecule has 1 amide bonds. The maximum Gasteiger partial charge on any atom is 0.253 e. The largest absolute Gasteiger partial charge is 0.380 e. The average molecular weight is 275 g/mol. The highest BCUT2D eigenvalue weighted by Crippen LogP contribution is 2.28. The molecule has 1 saturated heterocycles. The molecule has 0 unspecified atom stereocenters. The van der Waals surface area contributed by atoms with E-state index in [-0.39, 0.29) is 16.7 Å². The molecule has 0 radical (unpaired) electrons. The molecule has 1 aromatic rings. The van der Waals surface area contributed by atoms with Gasteiger partial charge in [-0.05, 0) is 23.1 Å². The Balaban J connectivity index is 2.05. The van der Waals surface area contributed by atoms with Gasteiger partial charge < -0.3 is 9.64 Å². The lowest BCUT2D eigenvalue weighted by atomic mass is 9.86. The fourth-order valence-corrected chi connectivity index (χ4v) is 2.52. The third-order valence-electron chi connectivity index (χ3n) is 3.86. The highest BCUT2D eigenvalue weighted by Gasteiger charge is 2.35. The van der Waals surface area contributed by atoms with Crippen molar-refractivity contribution in [2.45, 2.75) is 33.1 Å². The normalized spacial score (nSPS) is 17.4. The molecule has 0 bridgehead atoms. The lowest BCUT2D eigenvalue weighted by molar-refractivity contribution is -0.109. The molecule has 1 fully saturated rings. The summed E-state index contributed by atoms with van der Waals surface area (Å²) in [5, 5.41) is 0. The average Bonchev–Trinajstić information content (AvgIpc) is 2.35. The van der Waals surface area contributed by atoms with E-state index >= 15 is 0 Å². The standard InChI is InChI=1S/C17H25NO2/c1-16(2,3)14-8-6-13(7-9-14)15(19)18(5)10-17(4)11-20-12-17/h6-9H,10-12H2,1-5H3. The van der Waals surface area contributed by atoms with Crippen LogP contribution in [0.4, 0.5) is 0 Å². The molecular weight excluding hydrogens is 250 g/mol. The third kappa shape index (κ3) is 3.21. The van der Waals surface area contributed by atoms with Crippen LogP contribution >= 0.6 is 0 Å². The molecule has 1 aromatic carbocycles. The molecule has 1 aliphatic rings. The summed E-state index contributed by atoms with van der Waals surface area (Å²) in [7, 11) is 1.86. The van der Waals surface area contributed by atoms with Crippen molar-refractivity contribution in [3.05, 3.63) is 35.4 Å². The van der Waals surface area contributed by atoms with Gasteiger partial charge in [0.25, 0.3) is 5.91 Å². The summed E-state index contributed by atoms with van der Waals surface area (Å²) in [4.78, 5) is 14.2. The van der Waals surface area contributed by atoms with Gasteiger partial charge in [-0.25, -0.2) is 0 Å². The molecule has 0 saturated carbocycles. The molecule has 0 aliphatic carbocycles. The molecule has 1 aliphatic heterocycles. The van der Waals surface area contributed by atoms with E-state index in [1.807, 2.05) is 19.2 Å². The maximum atomic E-state index is 12.4. The van der Waals surface area contributed by atoms with Crippen molar-refractivity contribution < 1.29 is 9.53 Å². The van der Waals surface area contributed by atoms with Gasteiger partial charge in [-0.3, -0.25) is 4.79 Å². The molecule has 2 rings (SSSR count). The topological polar surface area (TPSA) is 29.5 Å². The zero-order valence-corrected chi connectivity index (χ0v) is 13.2. The van der Waals surface area contributed by atoms with Gasteiger partial charge in [0.05, 0.1) is 13.2 Å². The van der Waals surface area contributed by atoms with Gasteiger partial charge in [-0.15, -0.1) is 0 Å². The zero-order chi connectivity index (χ0) is 15.0. The van der Waals surface area contributed by atoms with E-state index in [4.69, 9.17) is 4.74 Å². The van der Waals surface area contributed by atoms with Crippen molar-refractivity contribution in [2.75, 3.05) is 26.8 Å². The Kier molecular flexibility index (Phi) is 3.92. The molecule has 1 heterocycles. The predicted molar refractivity (Wildman–Crippen MR) is 81.0 cm³/mol. The number of rotatable bonds is 3. The monoisotopic (exact) mass is 275 g/mol. The van der Waals surface area contributed by atoms with Crippen molar-refractivity contribution in [1.29, 1.82) is 0 Å². The van der Waals surface area contributed by atoms with Crippen molar-refractivity contribution in [3.63, 3.8) is 0 Å². The number of nitrogens with zero attached hydrogens (tertiary/aromatic N) is 1. The molecule has 0 aromatic heterocycles. The van der Waals surface area contributed by atoms with E-state index in [1.54, 1.807) is 4.90 Å². The smallest absolute Gasteiger partial charge is 0.253 e. The van der Waals surface area contributed by atoms with Crippen molar-refractivity contribution in [2.24, 2.45) is 5.41 Å². The van der Waals surface area contributed by atoms with Crippen LogP contribution in [0.15, 0.2) is 24.3 Å². The van der Waals surface area contributed by atoms with Gasteiger partial charge in [0.2, 0.25) is 0 Å². The number of ether oxygens (including phenoxy) is 1. The Hall–Kier alpha value is -1.35. The van der Waals surface area contributed by atoms with Crippen LogP contribution in [0.3, 0.4) is 0 Å². The summed E-state index contributed by atoms with van der Waals surface area (Å²) in [6.45, 7) is 10.9. The lowest BCUT2D eigenvalue weighted by Gasteiger charge is -2.40. The van der Waals surface area contributed by atoms with Gasteiger partial charge in [0, 0.05) is 24.6 Å². The minimum atomic E-state index is 0.0820. The molecule has 3 heteroatoms. The van der Waals surface area contributed by atoms with Crippen LogP contribution in [0.1, 0.15) is 43.6 Å². The maximum absolute atomic E-state index is 12.4. The Bertz CT molecular complexity index is 481. The summed E-state index contributed by atoms with van der Waals surface area (Å²) >= 11 is 0. The second kappa shape index (κ2) is 5.21. The number of benzene rings is 1. The minimum absolute atomic E-state index is 0.0820. The highest BCUT2D eigenvalue weighted by molar-refractivity contribution is 5.94. The Morgan fingerprint density at radius 2 is 1.80 bits per heavy atom. The second-order valence-corrected chi connectivity index (χ2v) is 7.29. The quantitative estimate of drug-likeness (QED) is 0.848. The Morgan fingerprint density at radius 3 is 2.20 bits per heavy atom. The third-order valence-corrected chi connectivity index (χ3v) is 3.86. The van der Waals surface area contributed by atoms with Gasteiger partial charge in [-0.2, -0.15) is 0 Å². The first-order chi connectivity index (χ1) is 9.21. The van der Waals surface area contributed by atoms with Gasteiger partial charge >= 0.3 is 0 Å². The van der Waals surface area contributed by atoms with Crippen molar-refractivity contribution in [1.82, 2.24) is 4.90 Å². The summed E-state index contributed by atoms with van der Waals surface area (Å²) in [5.41, 5.74) is 2.24. The lowest BCUT2D eigenvalue weighted by Crippen LogP contribution is -2.49. The SMILES string of the molecule is CN(CC1(C)COC1)C(=O)c1ccc(C(C)(C)C)cc1. The molecular formula is C17H25NO2. The van der Waals surface area contributed by atoms with Crippen molar-refractivity contribution in [3.8, 4) is 0 Å². The van der Waals surface area contributed by atoms with Gasteiger partial charge in [-0.1, -0.05) is 39.8 Å². The molecule has 0 spiro atoms. The number of carbonyl (C=O) groups excluding carboxylic acids is 1. The van der Waals surface area contributed by atoms with E-state index in [9.17, 15) is 4.79 Å². The minimum Gasteiger partial charge on any atom is -0.380 e. The summed E-state index contributed by atoms with van der Waals surface area (Å²) in [6, 6.07) is 7.96. The summed E-state index contributed by atoms with van der Waals surface area (Å²) in [6.07, 6.45) is 0. The van der Waals surface area contributed by atoms with Crippen LogP contribution in [0.5, 0.6) is 0 Å². The molecule has 20 heavy (non-hydrogen) atoms. The first-order valence-corrected chi connectivity index (χ1v) is 7.15. The van der Waals surface area contributed by atoms with Crippen LogP contribution in [-0.4, -0.2) is 37.6 Å². The molecule has 0 atom stereocenters. The van der Waals surface area contributed by atoms with E-state index in [0.29, 0.717) is 0 Å². The fraction of sp³-hybridized carbons (Fsp3) is 0.588. The first kappa shape index (κ1) is 15.0. The Labute approximate surface area is 121 Å². The zero-order valence-electron chi connectivity index (χ0n) is 13.2. The molecule has 0 N–H and O–H groups in total. The highest BCUT2D eigenvalue weighted by atomic mass is 16.5. The second-order valence-electron chi connectivity index (χ2n) is 7.29. The fourth-order valence-electron chi connectivity index (χ4n) is 2.52.